The lowest BCUT2D eigenvalue weighted by Gasteiger charge is -2.22. The fourth-order valence-electron chi connectivity index (χ4n) is 3.46. The molecule has 0 amide bonds. The summed E-state index contributed by atoms with van der Waals surface area (Å²) >= 11 is 0. The molecule has 2 aliphatic rings. The van der Waals surface area contributed by atoms with Crippen molar-refractivity contribution in [3.05, 3.63) is 18.0 Å². The van der Waals surface area contributed by atoms with Crippen molar-refractivity contribution >= 4 is 0 Å². The van der Waals surface area contributed by atoms with Crippen molar-refractivity contribution in [2.45, 2.75) is 70.1 Å². The highest BCUT2D eigenvalue weighted by molar-refractivity contribution is 5.08. The molecule has 4 nitrogen and oxygen atoms in total. The van der Waals surface area contributed by atoms with Crippen molar-refractivity contribution < 1.29 is 5.11 Å². The highest BCUT2D eigenvalue weighted by Gasteiger charge is 2.42. The third-order valence-electron chi connectivity index (χ3n) is 4.92. The van der Waals surface area contributed by atoms with Crippen molar-refractivity contribution in [1.29, 1.82) is 0 Å². The van der Waals surface area contributed by atoms with Gasteiger partial charge in [-0.3, -0.25) is 9.58 Å². The largest absolute Gasteiger partial charge is 0.388 e. The number of hydrogen-bond donors (Lipinski definition) is 1. The van der Waals surface area contributed by atoms with E-state index in [-0.39, 0.29) is 0 Å². The predicted octanol–water partition coefficient (Wildman–Crippen LogP) is 2.39. The zero-order valence-corrected chi connectivity index (χ0v) is 12.8. The molecule has 1 aliphatic heterocycles. The number of hydrogen-bond acceptors (Lipinski definition) is 3. The van der Waals surface area contributed by atoms with Crippen LogP contribution in [0.5, 0.6) is 0 Å². The molecule has 2 fully saturated rings. The van der Waals surface area contributed by atoms with Crippen molar-refractivity contribution in [1.82, 2.24) is 14.7 Å². The first-order valence-corrected chi connectivity index (χ1v) is 8.14. The van der Waals surface area contributed by atoms with Gasteiger partial charge in [-0.25, -0.2) is 0 Å². The van der Waals surface area contributed by atoms with E-state index in [0.717, 1.165) is 44.1 Å². The lowest BCUT2D eigenvalue weighted by atomic mass is 9.97. The molecule has 0 radical (unpaired) electrons. The van der Waals surface area contributed by atoms with Gasteiger partial charge in [-0.15, -0.1) is 0 Å². The Balaban J connectivity index is 1.62. The van der Waals surface area contributed by atoms with E-state index in [9.17, 15) is 5.11 Å². The minimum absolute atomic E-state index is 0.491. The maximum absolute atomic E-state index is 10.8. The Morgan fingerprint density at radius 1 is 1.40 bits per heavy atom. The van der Waals surface area contributed by atoms with Gasteiger partial charge in [0.1, 0.15) is 0 Å². The van der Waals surface area contributed by atoms with E-state index < -0.39 is 5.60 Å². The molecule has 1 aromatic rings. The van der Waals surface area contributed by atoms with Crippen LogP contribution in [0.25, 0.3) is 0 Å². The Morgan fingerprint density at radius 2 is 2.15 bits per heavy atom. The molecule has 4 heteroatoms. The standard InChI is InChI=1S/C16H27N3O/c1-3-14(4-2)19-9-7-13(17-19)11-16(20)8-10-18(12-16)15-5-6-15/h7,9,14-15,20H,3-6,8,10-12H2,1-2H3. The molecule has 0 aromatic carbocycles. The summed E-state index contributed by atoms with van der Waals surface area (Å²) in [5, 5.41) is 15.4. The Kier molecular flexibility index (Phi) is 3.87. The second-order valence-electron chi connectivity index (χ2n) is 6.61. The van der Waals surface area contributed by atoms with Crippen LogP contribution in [0.3, 0.4) is 0 Å². The van der Waals surface area contributed by atoms with E-state index in [1.54, 1.807) is 0 Å². The molecule has 1 aromatic heterocycles. The fraction of sp³-hybridized carbons (Fsp3) is 0.812. The van der Waals surface area contributed by atoms with Gasteiger partial charge in [-0.2, -0.15) is 5.10 Å². The van der Waals surface area contributed by atoms with Gasteiger partial charge in [0.25, 0.3) is 0 Å². The number of nitrogens with zero attached hydrogens (tertiary/aromatic N) is 3. The normalized spacial score (nSPS) is 27.6. The van der Waals surface area contributed by atoms with Gasteiger partial charge < -0.3 is 5.11 Å². The highest BCUT2D eigenvalue weighted by Crippen LogP contribution is 2.34. The van der Waals surface area contributed by atoms with Gasteiger partial charge in [0.15, 0.2) is 0 Å². The number of likely N-dealkylation sites (tertiary alicyclic amines) is 1. The van der Waals surface area contributed by atoms with E-state index in [4.69, 9.17) is 0 Å². The Morgan fingerprint density at radius 3 is 2.80 bits per heavy atom. The minimum Gasteiger partial charge on any atom is -0.388 e. The maximum atomic E-state index is 10.8. The quantitative estimate of drug-likeness (QED) is 0.868. The number of aliphatic hydroxyl groups is 1. The molecule has 20 heavy (non-hydrogen) atoms. The second kappa shape index (κ2) is 5.49. The molecule has 1 saturated carbocycles. The number of rotatable bonds is 6. The average molecular weight is 277 g/mol. The Bertz CT molecular complexity index is 450. The molecule has 0 bridgehead atoms. The summed E-state index contributed by atoms with van der Waals surface area (Å²) in [6, 6.07) is 3.33. The number of aromatic nitrogens is 2. The van der Waals surface area contributed by atoms with Crippen LogP contribution in [0.2, 0.25) is 0 Å². The first-order chi connectivity index (χ1) is 9.63. The summed E-state index contributed by atoms with van der Waals surface area (Å²) in [6.45, 7) is 6.28. The highest BCUT2D eigenvalue weighted by atomic mass is 16.3. The topological polar surface area (TPSA) is 41.3 Å². The summed E-state index contributed by atoms with van der Waals surface area (Å²) in [5.74, 6) is 0. The molecule has 3 rings (SSSR count). The molecule has 112 valence electrons. The lowest BCUT2D eigenvalue weighted by Crippen LogP contribution is -2.36. The van der Waals surface area contributed by atoms with Crippen LogP contribution in [-0.2, 0) is 6.42 Å². The molecular formula is C16H27N3O. The van der Waals surface area contributed by atoms with Crippen molar-refractivity contribution in [2.24, 2.45) is 0 Å². The van der Waals surface area contributed by atoms with E-state index in [1.807, 2.05) is 0 Å². The maximum Gasteiger partial charge on any atom is 0.0842 e. The predicted molar refractivity (Wildman–Crippen MR) is 79.7 cm³/mol. The second-order valence-corrected chi connectivity index (χ2v) is 6.61. The van der Waals surface area contributed by atoms with Gasteiger partial charge in [-0.05, 0) is 38.2 Å². The molecule has 1 aliphatic carbocycles. The third-order valence-corrected chi connectivity index (χ3v) is 4.92. The summed E-state index contributed by atoms with van der Waals surface area (Å²) in [4.78, 5) is 2.46. The first-order valence-electron chi connectivity index (χ1n) is 8.14. The Hall–Kier alpha value is -0.870. The smallest absolute Gasteiger partial charge is 0.0842 e. The summed E-state index contributed by atoms with van der Waals surface area (Å²) in [7, 11) is 0. The number of β-amino-alcohol motifs (C(OH)–C–C–N with tert-alkyl or cyclic N) is 1. The lowest BCUT2D eigenvalue weighted by molar-refractivity contribution is 0.0476. The minimum atomic E-state index is -0.560. The molecule has 0 spiro atoms. The third kappa shape index (κ3) is 2.91. The van der Waals surface area contributed by atoms with Gasteiger partial charge in [-0.1, -0.05) is 13.8 Å². The Labute approximate surface area is 121 Å². The fourth-order valence-corrected chi connectivity index (χ4v) is 3.46. The van der Waals surface area contributed by atoms with E-state index >= 15 is 0 Å². The van der Waals surface area contributed by atoms with E-state index in [1.165, 1.54) is 12.8 Å². The summed E-state index contributed by atoms with van der Waals surface area (Å²) < 4.78 is 2.08. The van der Waals surface area contributed by atoms with Crippen LogP contribution in [0.1, 0.15) is 57.7 Å². The van der Waals surface area contributed by atoms with Crippen LogP contribution in [0.4, 0.5) is 0 Å². The van der Waals surface area contributed by atoms with Crippen LogP contribution in [-0.4, -0.2) is 44.5 Å². The zero-order chi connectivity index (χ0) is 14.2. The van der Waals surface area contributed by atoms with E-state index in [0.29, 0.717) is 12.5 Å². The van der Waals surface area contributed by atoms with Crippen molar-refractivity contribution in [2.75, 3.05) is 13.1 Å². The van der Waals surface area contributed by atoms with Gasteiger partial charge in [0, 0.05) is 31.7 Å². The van der Waals surface area contributed by atoms with Crippen molar-refractivity contribution in [3.8, 4) is 0 Å². The average Bonchev–Trinajstić information content (AvgIpc) is 3.08. The first kappa shape index (κ1) is 14.1. The zero-order valence-electron chi connectivity index (χ0n) is 12.8. The monoisotopic (exact) mass is 277 g/mol. The van der Waals surface area contributed by atoms with Crippen molar-refractivity contribution in [3.63, 3.8) is 0 Å². The van der Waals surface area contributed by atoms with Crippen LogP contribution in [0.15, 0.2) is 12.3 Å². The van der Waals surface area contributed by atoms with Crippen LogP contribution >= 0.6 is 0 Å². The summed E-state index contributed by atoms with van der Waals surface area (Å²) in [6.07, 6.45) is 8.52. The van der Waals surface area contributed by atoms with Crippen LogP contribution in [0, 0.1) is 0 Å². The molecular weight excluding hydrogens is 250 g/mol. The SMILES string of the molecule is CCC(CC)n1ccc(CC2(O)CCN(C3CC3)C2)n1. The van der Waals surface area contributed by atoms with E-state index in [2.05, 4.69) is 40.8 Å². The molecule has 1 atom stereocenters. The summed E-state index contributed by atoms with van der Waals surface area (Å²) in [5.41, 5.74) is 0.479. The van der Waals surface area contributed by atoms with Gasteiger partial charge in [0.2, 0.25) is 0 Å². The van der Waals surface area contributed by atoms with Crippen LogP contribution < -0.4 is 0 Å². The molecule has 1 N–H and O–H groups in total. The van der Waals surface area contributed by atoms with Gasteiger partial charge >= 0.3 is 0 Å². The molecule has 1 unspecified atom stereocenters. The van der Waals surface area contributed by atoms with Gasteiger partial charge in [0.05, 0.1) is 17.3 Å². The molecule has 2 heterocycles. The molecule has 1 saturated heterocycles.